The van der Waals surface area contributed by atoms with Crippen molar-refractivity contribution in [1.29, 1.82) is 0 Å². The molecule has 0 aliphatic carbocycles. The molecule has 0 aromatic heterocycles. The highest BCUT2D eigenvalue weighted by atomic mass is 32.2. The highest BCUT2D eigenvalue weighted by Gasteiger charge is 2.26. The molecule has 0 bridgehead atoms. The Kier molecular flexibility index (Phi) is 6.14. The van der Waals surface area contributed by atoms with Gasteiger partial charge < -0.3 is 9.64 Å². The Hall–Kier alpha value is -3.39. The zero-order valence-electron chi connectivity index (χ0n) is 17.5. The van der Waals surface area contributed by atoms with E-state index in [4.69, 9.17) is 4.74 Å². The van der Waals surface area contributed by atoms with Gasteiger partial charge in [0, 0.05) is 17.8 Å². The van der Waals surface area contributed by atoms with E-state index in [9.17, 15) is 17.6 Å². The van der Waals surface area contributed by atoms with Gasteiger partial charge in [-0.3, -0.25) is 9.52 Å². The average Bonchev–Trinajstić information content (AvgIpc) is 2.79. The first-order chi connectivity index (χ1) is 15.4. The summed E-state index contributed by atoms with van der Waals surface area (Å²) in [5.41, 5.74) is 2.18. The van der Waals surface area contributed by atoms with Crippen LogP contribution in [-0.4, -0.2) is 27.5 Å². The second-order valence-electron chi connectivity index (χ2n) is 7.39. The topological polar surface area (TPSA) is 75.7 Å². The molecule has 6 nitrogen and oxygen atoms in total. The van der Waals surface area contributed by atoms with Gasteiger partial charge in [0.05, 0.1) is 17.2 Å². The number of para-hydroxylation sites is 2. The molecule has 1 aliphatic rings. The summed E-state index contributed by atoms with van der Waals surface area (Å²) in [5.74, 6) is -0.202. The number of anilines is 2. The van der Waals surface area contributed by atoms with Crippen molar-refractivity contribution in [2.24, 2.45) is 0 Å². The Morgan fingerprint density at radius 3 is 2.59 bits per heavy atom. The molecule has 3 aromatic rings. The number of amides is 1. The summed E-state index contributed by atoms with van der Waals surface area (Å²) in [6.45, 7) is 2.75. The number of ether oxygens (including phenoxy) is 1. The SMILES string of the molecule is CCOc1ccccc1NS(=O)(=O)c1ccc2c(c1)CCCN2C(=O)c1ccc(F)cc1. The Morgan fingerprint density at radius 1 is 1.09 bits per heavy atom. The van der Waals surface area contributed by atoms with Crippen LogP contribution in [0, 0.1) is 5.82 Å². The minimum absolute atomic E-state index is 0.110. The third kappa shape index (κ3) is 4.45. The summed E-state index contributed by atoms with van der Waals surface area (Å²) in [6, 6.07) is 17.0. The summed E-state index contributed by atoms with van der Waals surface area (Å²) >= 11 is 0. The Labute approximate surface area is 186 Å². The predicted molar refractivity (Wildman–Crippen MR) is 121 cm³/mol. The fourth-order valence-electron chi connectivity index (χ4n) is 3.74. The molecule has 0 atom stereocenters. The van der Waals surface area contributed by atoms with Crippen LogP contribution in [0.15, 0.2) is 71.6 Å². The molecular formula is C24H23FN2O4S. The van der Waals surface area contributed by atoms with E-state index in [0.717, 1.165) is 5.56 Å². The van der Waals surface area contributed by atoms with Crippen molar-refractivity contribution >= 4 is 27.3 Å². The molecule has 1 aliphatic heterocycles. The number of carbonyl (C=O) groups is 1. The van der Waals surface area contributed by atoms with E-state index in [1.807, 2.05) is 6.92 Å². The number of halogens is 1. The molecule has 0 saturated carbocycles. The summed E-state index contributed by atoms with van der Waals surface area (Å²) < 4.78 is 47.4. The van der Waals surface area contributed by atoms with E-state index in [-0.39, 0.29) is 10.8 Å². The van der Waals surface area contributed by atoms with Crippen LogP contribution in [0.1, 0.15) is 29.3 Å². The largest absolute Gasteiger partial charge is 0.492 e. The zero-order valence-corrected chi connectivity index (χ0v) is 18.4. The number of sulfonamides is 1. The molecule has 0 radical (unpaired) electrons. The van der Waals surface area contributed by atoms with Gasteiger partial charge in [0.15, 0.2) is 0 Å². The fourth-order valence-corrected chi connectivity index (χ4v) is 4.86. The number of hydrogen-bond donors (Lipinski definition) is 1. The number of benzene rings is 3. The average molecular weight is 455 g/mol. The van der Waals surface area contributed by atoms with Gasteiger partial charge in [-0.1, -0.05) is 12.1 Å². The number of carbonyl (C=O) groups excluding carboxylic acids is 1. The first-order valence-corrected chi connectivity index (χ1v) is 11.8. The van der Waals surface area contributed by atoms with Crippen LogP contribution >= 0.6 is 0 Å². The van der Waals surface area contributed by atoms with Crippen LogP contribution in [0.25, 0.3) is 0 Å². The van der Waals surface area contributed by atoms with E-state index < -0.39 is 15.8 Å². The molecule has 0 fully saturated rings. The minimum atomic E-state index is -3.86. The van der Waals surface area contributed by atoms with Gasteiger partial charge in [0.1, 0.15) is 11.6 Å². The summed E-state index contributed by atoms with van der Waals surface area (Å²) in [6.07, 6.45) is 1.35. The molecule has 0 unspecified atom stereocenters. The first kappa shape index (κ1) is 21.8. The van der Waals surface area contributed by atoms with E-state index in [1.165, 1.54) is 30.3 Å². The highest BCUT2D eigenvalue weighted by molar-refractivity contribution is 7.92. The summed E-state index contributed by atoms with van der Waals surface area (Å²) in [4.78, 5) is 14.7. The monoisotopic (exact) mass is 454 g/mol. The van der Waals surface area contributed by atoms with Crippen LogP contribution in [0.4, 0.5) is 15.8 Å². The van der Waals surface area contributed by atoms with Crippen LogP contribution in [0.5, 0.6) is 5.75 Å². The lowest BCUT2D eigenvalue weighted by atomic mass is 10.0. The Morgan fingerprint density at radius 2 is 1.84 bits per heavy atom. The van der Waals surface area contributed by atoms with Gasteiger partial charge in [0.2, 0.25) is 0 Å². The normalized spacial score (nSPS) is 13.4. The molecule has 166 valence electrons. The minimum Gasteiger partial charge on any atom is -0.492 e. The third-order valence-electron chi connectivity index (χ3n) is 5.25. The molecule has 1 amide bonds. The molecule has 4 rings (SSSR count). The maximum atomic E-state index is 13.2. The van der Waals surface area contributed by atoms with Crippen LogP contribution in [0.3, 0.4) is 0 Å². The van der Waals surface area contributed by atoms with Crippen LogP contribution < -0.4 is 14.4 Å². The third-order valence-corrected chi connectivity index (χ3v) is 6.61. The molecule has 0 saturated heterocycles. The van der Waals surface area contributed by atoms with Gasteiger partial charge in [-0.2, -0.15) is 0 Å². The van der Waals surface area contributed by atoms with Gasteiger partial charge in [-0.05, 0) is 79.9 Å². The molecular weight excluding hydrogens is 431 g/mol. The Bertz CT molecular complexity index is 1240. The lowest BCUT2D eigenvalue weighted by molar-refractivity contribution is 0.0985. The lowest BCUT2D eigenvalue weighted by Crippen LogP contribution is -2.35. The number of fused-ring (bicyclic) bond motifs is 1. The number of hydrogen-bond acceptors (Lipinski definition) is 4. The van der Waals surface area contributed by atoms with Crippen molar-refractivity contribution < 1.29 is 22.3 Å². The second-order valence-corrected chi connectivity index (χ2v) is 9.07. The lowest BCUT2D eigenvalue weighted by Gasteiger charge is -2.30. The number of aryl methyl sites for hydroxylation is 1. The first-order valence-electron chi connectivity index (χ1n) is 10.3. The molecule has 3 aromatic carbocycles. The van der Waals surface area contributed by atoms with E-state index in [1.54, 1.807) is 41.3 Å². The van der Waals surface area contributed by atoms with Crippen molar-refractivity contribution in [2.45, 2.75) is 24.7 Å². The van der Waals surface area contributed by atoms with Gasteiger partial charge in [-0.25, -0.2) is 12.8 Å². The maximum Gasteiger partial charge on any atom is 0.262 e. The van der Waals surface area contributed by atoms with Gasteiger partial charge in [-0.15, -0.1) is 0 Å². The zero-order chi connectivity index (χ0) is 22.7. The van der Waals surface area contributed by atoms with Crippen molar-refractivity contribution in [2.75, 3.05) is 22.8 Å². The molecule has 8 heteroatoms. The fraction of sp³-hybridized carbons (Fsp3) is 0.208. The molecule has 1 heterocycles. The van der Waals surface area contributed by atoms with Crippen LogP contribution in [0.2, 0.25) is 0 Å². The van der Waals surface area contributed by atoms with Gasteiger partial charge >= 0.3 is 0 Å². The second kappa shape index (κ2) is 9.00. The molecule has 1 N–H and O–H groups in total. The van der Waals surface area contributed by atoms with Crippen molar-refractivity contribution in [3.05, 3.63) is 83.7 Å². The Balaban J connectivity index is 1.62. The maximum absolute atomic E-state index is 13.2. The molecule has 32 heavy (non-hydrogen) atoms. The van der Waals surface area contributed by atoms with Crippen LogP contribution in [-0.2, 0) is 16.4 Å². The van der Waals surface area contributed by atoms with Crippen molar-refractivity contribution in [3.8, 4) is 5.75 Å². The van der Waals surface area contributed by atoms with Crippen molar-refractivity contribution in [1.82, 2.24) is 0 Å². The molecule has 0 spiro atoms. The number of nitrogens with zero attached hydrogens (tertiary/aromatic N) is 1. The number of rotatable bonds is 6. The quantitative estimate of drug-likeness (QED) is 0.590. The van der Waals surface area contributed by atoms with E-state index in [2.05, 4.69) is 4.72 Å². The van der Waals surface area contributed by atoms with Gasteiger partial charge in [0.25, 0.3) is 15.9 Å². The number of nitrogens with one attached hydrogen (secondary N) is 1. The van der Waals surface area contributed by atoms with E-state index >= 15 is 0 Å². The van der Waals surface area contributed by atoms with Crippen molar-refractivity contribution in [3.63, 3.8) is 0 Å². The summed E-state index contributed by atoms with van der Waals surface area (Å²) in [7, 11) is -3.86. The summed E-state index contributed by atoms with van der Waals surface area (Å²) in [5, 5.41) is 0. The van der Waals surface area contributed by atoms with E-state index in [0.29, 0.717) is 48.7 Å². The standard InChI is InChI=1S/C24H23FN2O4S/c1-2-31-23-8-4-3-7-21(23)26-32(29,30)20-13-14-22-18(16-20)6-5-15-27(22)24(28)17-9-11-19(25)12-10-17/h3-4,7-14,16,26H,2,5-6,15H2,1H3. The highest BCUT2D eigenvalue weighted by Crippen LogP contribution is 2.32. The smallest absolute Gasteiger partial charge is 0.262 e. The predicted octanol–water partition coefficient (Wildman–Crippen LogP) is 4.62.